The van der Waals surface area contributed by atoms with E-state index in [-0.39, 0.29) is 26.9 Å². The maximum Gasteiger partial charge on any atom is 0.263 e. The number of aromatic hydroxyl groups is 1. The molecule has 1 aromatic heterocycles. The maximum absolute atomic E-state index is 13.3. The normalized spacial score (nSPS) is 11.0. The second-order valence-electron chi connectivity index (χ2n) is 6.97. The predicted octanol–water partition coefficient (Wildman–Crippen LogP) is 5.43. The van der Waals surface area contributed by atoms with E-state index in [0.717, 1.165) is 10.5 Å². The molecule has 0 saturated heterocycles. The fraction of sp³-hybridized carbons (Fsp3) is 0.0870. The first kappa shape index (κ1) is 22.2. The van der Waals surface area contributed by atoms with Gasteiger partial charge >= 0.3 is 0 Å². The van der Waals surface area contributed by atoms with E-state index < -0.39 is 5.91 Å². The Labute approximate surface area is 197 Å². The lowest BCUT2D eigenvalue weighted by atomic mass is 10.1. The highest BCUT2D eigenvalue weighted by atomic mass is 35.5. The predicted molar refractivity (Wildman–Crippen MR) is 129 cm³/mol. The Balaban J connectivity index is 1.72. The van der Waals surface area contributed by atoms with Crippen molar-refractivity contribution in [1.82, 2.24) is 9.55 Å². The molecule has 0 aliphatic carbocycles. The van der Waals surface area contributed by atoms with Crippen LogP contribution in [-0.4, -0.2) is 26.8 Å². The number of fused-ring (bicyclic) bond motifs is 1. The number of amides is 1. The molecule has 32 heavy (non-hydrogen) atoms. The lowest BCUT2D eigenvalue weighted by Crippen LogP contribution is -2.23. The monoisotopic (exact) mass is 485 g/mol. The minimum absolute atomic E-state index is 0.0444. The van der Waals surface area contributed by atoms with Crippen molar-refractivity contribution >= 4 is 57.5 Å². The number of rotatable bonds is 5. The average molecular weight is 486 g/mol. The van der Waals surface area contributed by atoms with E-state index in [1.807, 2.05) is 30.5 Å². The molecule has 9 heteroatoms. The fourth-order valence-corrected chi connectivity index (χ4v) is 4.25. The van der Waals surface area contributed by atoms with Gasteiger partial charge in [-0.1, -0.05) is 41.4 Å². The molecule has 6 nitrogen and oxygen atoms in total. The molecule has 2 N–H and O–H groups in total. The van der Waals surface area contributed by atoms with Crippen molar-refractivity contribution < 1.29 is 9.90 Å². The van der Waals surface area contributed by atoms with Crippen LogP contribution in [0.5, 0.6) is 5.75 Å². The minimum atomic E-state index is -0.524. The smallest absolute Gasteiger partial charge is 0.263 e. The molecular formula is C23H17Cl2N3O3S. The van der Waals surface area contributed by atoms with Gasteiger partial charge in [-0.2, -0.15) is 0 Å². The van der Waals surface area contributed by atoms with Gasteiger partial charge in [0.15, 0.2) is 5.75 Å². The minimum Gasteiger partial charge on any atom is -0.505 e. The van der Waals surface area contributed by atoms with E-state index in [2.05, 4.69) is 10.3 Å². The third-order valence-corrected chi connectivity index (χ3v) is 6.17. The van der Waals surface area contributed by atoms with E-state index in [4.69, 9.17) is 23.2 Å². The quantitative estimate of drug-likeness (QED) is 0.368. The summed E-state index contributed by atoms with van der Waals surface area (Å²) in [5, 5.41) is 12.6. The molecule has 0 fully saturated rings. The number of halogens is 2. The van der Waals surface area contributed by atoms with Crippen LogP contribution in [0.4, 0.5) is 5.69 Å². The lowest BCUT2D eigenvalue weighted by Gasteiger charge is -2.12. The molecule has 0 atom stereocenters. The molecule has 162 valence electrons. The highest BCUT2D eigenvalue weighted by Gasteiger charge is 2.16. The van der Waals surface area contributed by atoms with Crippen LogP contribution in [0.2, 0.25) is 10.0 Å². The van der Waals surface area contributed by atoms with Gasteiger partial charge in [-0.25, -0.2) is 4.98 Å². The summed E-state index contributed by atoms with van der Waals surface area (Å²) < 4.78 is 1.51. The molecule has 3 aromatic carbocycles. The summed E-state index contributed by atoms with van der Waals surface area (Å²) >= 11 is 13.5. The zero-order chi connectivity index (χ0) is 22.8. The van der Waals surface area contributed by atoms with Crippen molar-refractivity contribution in [2.75, 3.05) is 11.6 Å². The van der Waals surface area contributed by atoms with Gasteiger partial charge in [0.25, 0.3) is 11.5 Å². The zero-order valence-corrected chi connectivity index (χ0v) is 19.1. The number of hydrogen-bond donors (Lipinski definition) is 2. The largest absolute Gasteiger partial charge is 0.505 e. The third kappa shape index (κ3) is 4.46. The summed E-state index contributed by atoms with van der Waals surface area (Å²) in [7, 11) is 0. The number of benzene rings is 3. The van der Waals surface area contributed by atoms with Gasteiger partial charge in [0.05, 0.1) is 39.5 Å². The van der Waals surface area contributed by atoms with Crippen LogP contribution in [0.1, 0.15) is 15.9 Å². The zero-order valence-electron chi connectivity index (χ0n) is 16.8. The number of hydrogen-bond acceptors (Lipinski definition) is 5. The molecule has 0 aliphatic rings. The highest BCUT2D eigenvalue weighted by Crippen LogP contribution is 2.33. The molecule has 0 aliphatic heterocycles. The van der Waals surface area contributed by atoms with Crippen molar-refractivity contribution in [1.29, 1.82) is 0 Å². The second kappa shape index (κ2) is 9.24. The summed E-state index contributed by atoms with van der Waals surface area (Å²) in [5.41, 5.74) is 1.62. The Kier molecular flexibility index (Phi) is 6.41. The second-order valence-corrected chi connectivity index (χ2v) is 8.67. The van der Waals surface area contributed by atoms with Crippen molar-refractivity contribution in [3.8, 4) is 5.75 Å². The molecule has 4 rings (SSSR count). The van der Waals surface area contributed by atoms with Crippen molar-refractivity contribution in [3.63, 3.8) is 0 Å². The van der Waals surface area contributed by atoms with Crippen LogP contribution in [0.3, 0.4) is 0 Å². The van der Waals surface area contributed by atoms with Crippen LogP contribution in [0.25, 0.3) is 10.9 Å². The molecule has 1 amide bonds. The van der Waals surface area contributed by atoms with Gasteiger partial charge in [-0.05, 0) is 48.2 Å². The van der Waals surface area contributed by atoms with Gasteiger partial charge in [0, 0.05) is 10.5 Å². The summed E-state index contributed by atoms with van der Waals surface area (Å²) in [4.78, 5) is 31.6. The summed E-state index contributed by atoms with van der Waals surface area (Å²) in [6, 6.07) is 15.6. The molecule has 0 bridgehead atoms. The van der Waals surface area contributed by atoms with E-state index in [9.17, 15) is 14.7 Å². The lowest BCUT2D eigenvalue weighted by molar-refractivity contribution is 0.102. The number of carbonyl (C=O) groups is 1. The standard InChI is InChI=1S/C23H17Cl2N3O3S/c1-32-15-5-2-4-13(8-15)11-28-12-26-18-6-3-7-19(20(18)23(28)31)27-22(30)14-9-16(24)21(29)17(25)10-14/h2-10,12,29H,11H2,1H3,(H,27,30). The van der Waals surface area contributed by atoms with E-state index in [1.54, 1.807) is 30.0 Å². The van der Waals surface area contributed by atoms with Crippen LogP contribution < -0.4 is 10.9 Å². The molecule has 1 heterocycles. The number of nitrogens with zero attached hydrogens (tertiary/aromatic N) is 2. The Morgan fingerprint density at radius 2 is 1.84 bits per heavy atom. The van der Waals surface area contributed by atoms with Gasteiger partial charge < -0.3 is 10.4 Å². The molecule has 0 unspecified atom stereocenters. The number of thioether (sulfide) groups is 1. The Bertz CT molecular complexity index is 1380. The first-order valence-electron chi connectivity index (χ1n) is 9.48. The third-order valence-electron chi connectivity index (χ3n) is 4.87. The summed E-state index contributed by atoms with van der Waals surface area (Å²) in [6.07, 6.45) is 3.49. The molecule has 0 spiro atoms. The van der Waals surface area contributed by atoms with Crippen LogP contribution >= 0.6 is 35.0 Å². The first-order chi connectivity index (χ1) is 15.4. The molecule has 0 saturated carbocycles. The molecule has 4 aromatic rings. The number of phenols is 1. The first-order valence-corrected chi connectivity index (χ1v) is 11.5. The Hall–Kier alpha value is -3.00. The van der Waals surface area contributed by atoms with Gasteiger partial charge in [0.1, 0.15) is 0 Å². The molecule has 0 radical (unpaired) electrons. The number of anilines is 1. The maximum atomic E-state index is 13.3. The Morgan fingerprint density at radius 3 is 2.56 bits per heavy atom. The summed E-state index contributed by atoms with van der Waals surface area (Å²) in [5.74, 6) is -0.823. The van der Waals surface area contributed by atoms with E-state index >= 15 is 0 Å². The van der Waals surface area contributed by atoms with Crippen molar-refractivity contribution in [2.45, 2.75) is 11.4 Å². The summed E-state index contributed by atoms with van der Waals surface area (Å²) in [6.45, 7) is 0.349. The number of aromatic nitrogens is 2. The average Bonchev–Trinajstić information content (AvgIpc) is 2.79. The highest BCUT2D eigenvalue weighted by molar-refractivity contribution is 7.98. The van der Waals surface area contributed by atoms with Crippen LogP contribution in [0, 0.1) is 0 Å². The van der Waals surface area contributed by atoms with Gasteiger partial charge in [-0.15, -0.1) is 11.8 Å². The van der Waals surface area contributed by atoms with Gasteiger partial charge in [0.2, 0.25) is 0 Å². The number of nitrogens with one attached hydrogen (secondary N) is 1. The fourth-order valence-electron chi connectivity index (χ4n) is 3.28. The Morgan fingerprint density at radius 1 is 1.12 bits per heavy atom. The van der Waals surface area contributed by atoms with E-state index in [1.165, 1.54) is 23.0 Å². The van der Waals surface area contributed by atoms with Crippen LogP contribution in [-0.2, 0) is 6.54 Å². The van der Waals surface area contributed by atoms with Gasteiger partial charge in [-0.3, -0.25) is 14.2 Å². The van der Waals surface area contributed by atoms with Crippen LogP contribution in [0.15, 0.2) is 70.6 Å². The topological polar surface area (TPSA) is 84.2 Å². The number of phenolic OH excluding ortho intramolecular Hbond substituents is 1. The van der Waals surface area contributed by atoms with Crippen molar-refractivity contribution in [2.24, 2.45) is 0 Å². The number of carbonyl (C=O) groups excluding carboxylic acids is 1. The van der Waals surface area contributed by atoms with Crippen molar-refractivity contribution in [3.05, 3.63) is 92.5 Å². The van der Waals surface area contributed by atoms with E-state index in [0.29, 0.717) is 23.1 Å². The molecular weight excluding hydrogens is 469 g/mol. The SMILES string of the molecule is CSc1cccc(Cn2cnc3cccc(NC(=O)c4cc(Cl)c(O)c(Cl)c4)c3c2=O)c1.